The molecule has 3 rings (SSSR count). The smallest absolute Gasteiger partial charge is 0.165 e. The lowest BCUT2D eigenvalue weighted by Gasteiger charge is -2.32. The molecule has 0 spiro atoms. The molecule has 0 aromatic carbocycles. The topological polar surface area (TPSA) is 77.5 Å². The summed E-state index contributed by atoms with van der Waals surface area (Å²) >= 11 is 0. The van der Waals surface area contributed by atoms with E-state index in [2.05, 4.69) is 42.1 Å². The standard InChI is InChI=1S/C16H28N8/c1-4-5-9-23-16(18-20-21-23)12-22-8-6-7-15(10-22)11-24-14(3)17-13(2)19-24/h15H,4-12H2,1-3H3/t15-/m0/s1. The van der Waals surface area contributed by atoms with Crippen molar-refractivity contribution >= 4 is 0 Å². The molecular weight excluding hydrogens is 304 g/mol. The van der Waals surface area contributed by atoms with Gasteiger partial charge in [-0.25, -0.2) is 14.3 Å². The number of unbranched alkanes of at least 4 members (excludes halogenated alkanes) is 1. The van der Waals surface area contributed by atoms with Gasteiger partial charge in [0.25, 0.3) is 0 Å². The molecule has 1 atom stereocenters. The average molecular weight is 332 g/mol. The Morgan fingerprint density at radius 1 is 1.21 bits per heavy atom. The summed E-state index contributed by atoms with van der Waals surface area (Å²) < 4.78 is 4.01. The molecular formula is C16H28N8. The van der Waals surface area contributed by atoms with Crippen LogP contribution in [-0.4, -0.2) is 53.0 Å². The highest BCUT2D eigenvalue weighted by Gasteiger charge is 2.23. The number of hydrogen-bond donors (Lipinski definition) is 0. The maximum absolute atomic E-state index is 4.50. The van der Waals surface area contributed by atoms with E-state index < -0.39 is 0 Å². The summed E-state index contributed by atoms with van der Waals surface area (Å²) in [7, 11) is 0. The highest BCUT2D eigenvalue weighted by molar-refractivity contribution is 4.89. The number of tetrazole rings is 1. The van der Waals surface area contributed by atoms with Crippen LogP contribution in [0.25, 0.3) is 0 Å². The van der Waals surface area contributed by atoms with Gasteiger partial charge in [0.05, 0.1) is 6.54 Å². The number of piperidine rings is 1. The highest BCUT2D eigenvalue weighted by atomic mass is 15.5. The Bertz CT molecular complexity index is 646. The van der Waals surface area contributed by atoms with Gasteiger partial charge in [-0.05, 0) is 56.0 Å². The van der Waals surface area contributed by atoms with Crippen molar-refractivity contribution in [3.8, 4) is 0 Å². The molecule has 8 heteroatoms. The molecule has 0 unspecified atom stereocenters. The van der Waals surface area contributed by atoms with Crippen molar-refractivity contribution in [3.05, 3.63) is 17.5 Å². The largest absolute Gasteiger partial charge is 0.296 e. The number of aryl methyl sites for hydroxylation is 3. The monoisotopic (exact) mass is 332 g/mol. The molecule has 1 aliphatic heterocycles. The van der Waals surface area contributed by atoms with Crippen LogP contribution in [0.3, 0.4) is 0 Å². The predicted molar refractivity (Wildman–Crippen MR) is 90.2 cm³/mol. The van der Waals surface area contributed by atoms with Gasteiger partial charge in [0.15, 0.2) is 5.82 Å². The lowest BCUT2D eigenvalue weighted by Crippen LogP contribution is -2.37. The van der Waals surface area contributed by atoms with Gasteiger partial charge >= 0.3 is 0 Å². The van der Waals surface area contributed by atoms with E-state index in [-0.39, 0.29) is 0 Å². The van der Waals surface area contributed by atoms with Crippen LogP contribution < -0.4 is 0 Å². The van der Waals surface area contributed by atoms with Crippen molar-refractivity contribution in [2.45, 2.75) is 66.1 Å². The third-order valence-corrected chi connectivity index (χ3v) is 4.69. The van der Waals surface area contributed by atoms with Gasteiger partial charge in [0.2, 0.25) is 0 Å². The molecule has 0 amide bonds. The van der Waals surface area contributed by atoms with E-state index >= 15 is 0 Å². The maximum Gasteiger partial charge on any atom is 0.165 e. The van der Waals surface area contributed by atoms with E-state index in [0.29, 0.717) is 5.92 Å². The van der Waals surface area contributed by atoms with Gasteiger partial charge in [-0.3, -0.25) is 4.90 Å². The minimum Gasteiger partial charge on any atom is -0.296 e. The van der Waals surface area contributed by atoms with Crippen LogP contribution in [0, 0.1) is 19.8 Å². The molecule has 24 heavy (non-hydrogen) atoms. The number of nitrogens with zero attached hydrogens (tertiary/aromatic N) is 8. The molecule has 0 radical (unpaired) electrons. The van der Waals surface area contributed by atoms with Gasteiger partial charge in [-0.1, -0.05) is 13.3 Å². The predicted octanol–water partition coefficient (Wildman–Crippen LogP) is 1.59. The maximum atomic E-state index is 4.50. The first-order chi connectivity index (χ1) is 11.7. The summed E-state index contributed by atoms with van der Waals surface area (Å²) in [4.78, 5) is 6.88. The first kappa shape index (κ1) is 17.0. The van der Waals surface area contributed by atoms with Gasteiger partial charge in [-0.2, -0.15) is 5.10 Å². The number of rotatable bonds is 7. The highest BCUT2D eigenvalue weighted by Crippen LogP contribution is 2.20. The quantitative estimate of drug-likeness (QED) is 0.766. The zero-order chi connectivity index (χ0) is 16.9. The van der Waals surface area contributed by atoms with E-state index in [0.717, 1.165) is 63.0 Å². The Labute approximate surface area is 143 Å². The van der Waals surface area contributed by atoms with Crippen LogP contribution >= 0.6 is 0 Å². The van der Waals surface area contributed by atoms with Crippen LogP contribution in [-0.2, 0) is 19.6 Å². The van der Waals surface area contributed by atoms with Crippen LogP contribution in [0.1, 0.15) is 50.1 Å². The minimum atomic E-state index is 0.610. The zero-order valence-corrected chi connectivity index (χ0v) is 15.0. The van der Waals surface area contributed by atoms with Crippen molar-refractivity contribution in [1.29, 1.82) is 0 Å². The third-order valence-electron chi connectivity index (χ3n) is 4.69. The lowest BCUT2D eigenvalue weighted by molar-refractivity contribution is 0.147. The molecule has 0 aliphatic carbocycles. The van der Waals surface area contributed by atoms with E-state index in [1.807, 2.05) is 18.5 Å². The molecule has 1 saturated heterocycles. The van der Waals surface area contributed by atoms with E-state index in [1.54, 1.807) is 0 Å². The Balaban J connectivity index is 1.57. The number of aromatic nitrogens is 7. The number of hydrogen-bond acceptors (Lipinski definition) is 6. The normalized spacial score (nSPS) is 19.0. The summed E-state index contributed by atoms with van der Waals surface area (Å²) in [5.41, 5.74) is 0. The first-order valence-corrected chi connectivity index (χ1v) is 9.01. The second-order valence-corrected chi connectivity index (χ2v) is 6.80. The van der Waals surface area contributed by atoms with Crippen molar-refractivity contribution in [2.75, 3.05) is 13.1 Å². The zero-order valence-electron chi connectivity index (χ0n) is 15.0. The summed E-state index contributed by atoms with van der Waals surface area (Å²) in [5, 5.41) is 16.7. The Morgan fingerprint density at radius 2 is 2.08 bits per heavy atom. The fourth-order valence-electron chi connectivity index (χ4n) is 3.44. The fourth-order valence-corrected chi connectivity index (χ4v) is 3.44. The number of likely N-dealkylation sites (tertiary alicyclic amines) is 1. The van der Waals surface area contributed by atoms with Crippen molar-refractivity contribution in [1.82, 2.24) is 39.9 Å². The first-order valence-electron chi connectivity index (χ1n) is 9.01. The van der Waals surface area contributed by atoms with E-state index in [9.17, 15) is 0 Å². The summed E-state index contributed by atoms with van der Waals surface area (Å²) in [6, 6.07) is 0. The van der Waals surface area contributed by atoms with Crippen molar-refractivity contribution in [2.24, 2.45) is 5.92 Å². The van der Waals surface area contributed by atoms with Crippen LogP contribution in [0.4, 0.5) is 0 Å². The molecule has 2 aromatic heterocycles. The van der Waals surface area contributed by atoms with Gasteiger partial charge in [0.1, 0.15) is 11.6 Å². The van der Waals surface area contributed by atoms with Crippen LogP contribution in [0.5, 0.6) is 0 Å². The third kappa shape index (κ3) is 4.17. The summed E-state index contributed by atoms with van der Waals surface area (Å²) in [6.07, 6.45) is 4.73. The Kier molecular flexibility index (Phi) is 5.55. The summed E-state index contributed by atoms with van der Waals surface area (Å²) in [5.74, 6) is 3.46. The second-order valence-electron chi connectivity index (χ2n) is 6.80. The van der Waals surface area contributed by atoms with Crippen molar-refractivity contribution < 1.29 is 0 Å². The Morgan fingerprint density at radius 3 is 2.83 bits per heavy atom. The second kappa shape index (κ2) is 7.83. The molecule has 0 bridgehead atoms. The fraction of sp³-hybridized carbons (Fsp3) is 0.812. The van der Waals surface area contributed by atoms with Gasteiger partial charge < -0.3 is 0 Å². The molecule has 8 nitrogen and oxygen atoms in total. The molecule has 1 fully saturated rings. The Hall–Kier alpha value is -1.83. The van der Waals surface area contributed by atoms with Crippen LogP contribution in [0.15, 0.2) is 0 Å². The average Bonchev–Trinajstić information content (AvgIpc) is 3.12. The molecule has 2 aromatic rings. The van der Waals surface area contributed by atoms with E-state index in [1.165, 1.54) is 12.8 Å². The molecule has 1 aliphatic rings. The van der Waals surface area contributed by atoms with Gasteiger partial charge in [0, 0.05) is 19.6 Å². The van der Waals surface area contributed by atoms with Crippen molar-refractivity contribution in [3.63, 3.8) is 0 Å². The molecule has 0 N–H and O–H groups in total. The summed E-state index contributed by atoms with van der Waals surface area (Å²) in [6.45, 7) is 11.0. The molecule has 3 heterocycles. The molecule has 0 saturated carbocycles. The SMILES string of the molecule is CCCCn1nnnc1CN1CCC[C@H](Cn2nc(C)nc2C)C1. The minimum absolute atomic E-state index is 0.610. The van der Waals surface area contributed by atoms with Gasteiger partial charge in [-0.15, -0.1) is 5.10 Å². The lowest BCUT2D eigenvalue weighted by atomic mass is 9.98. The van der Waals surface area contributed by atoms with Crippen LogP contribution in [0.2, 0.25) is 0 Å². The van der Waals surface area contributed by atoms with E-state index in [4.69, 9.17) is 0 Å². The molecule has 132 valence electrons.